The van der Waals surface area contributed by atoms with E-state index in [1.807, 2.05) is 0 Å². The van der Waals surface area contributed by atoms with Gasteiger partial charge in [-0.3, -0.25) is 4.79 Å². The fourth-order valence-electron chi connectivity index (χ4n) is 1.49. The Hall–Kier alpha value is -1.74. The molecule has 0 aliphatic rings. The van der Waals surface area contributed by atoms with Crippen LogP contribution in [0, 0.1) is 11.6 Å². The molecule has 2 rings (SSSR count). The van der Waals surface area contributed by atoms with Crippen molar-refractivity contribution in [2.75, 3.05) is 0 Å². The van der Waals surface area contributed by atoms with E-state index in [0.29, 0.717) is 17.4 Å². The molecule has 2 aromatic rings. The van der Waals surface area contributed by atoms with Crippen LogP contribution in [0.15, 0.2) is 36.4 Å². The number of rotatable bonds is 2. The van der Waals surface area contributed by atoms with Gasteiger partial charge in [-0.05, 0) is 35.4 Å². The predicted molar refractivity (Wildman–Crippen MR) is 62.2 cm³/mol. The van der Waals surface area contributed by atoms with Gasteiger partial charge in [-0.1, -0.05) is 23.7 Å². The second-order valence-electron chi connectivity index (χ2n) is 3.48. The average Bonchev–Trinajstić information content (AvgIpc) is 2.33. The number of aldehydes is 1. The highest BCUT2D eigenvalue weighted by atomic mass is 35.5. The van der Waals surface area contributed by atoms with Gasteiger partial charge in [0, 0.05) is 0 Å². The second kappa shape index (κ2) is 4.63. The summed E-state index contributed by atoms with van der Waals surface area (Å²) in [5.74, 6) is -1.11. The number of halogens is 3. The second-order valence-corrected chi connectivity index (χ2v) is 3.89. The predicted octanol–water partition coefficient (Wildman–Crippen LogP) is 4.10. The monoisotopic (exact) mass is 252 g/mol. The van der Waals surface area contributed by atoms with E-state index in [2.05, 4.69) is 0 Å². The molecule has 0 atom stereocenters. The third kappa shape index (κ3) is 2.34. The van der Waals surface area contributed by atoms with Crippen molar-refractivity contribution in [3.63, 3.8) is 0 Å². The molecule has 86 valence electrons. The lowest BCUT2D eigenvalue weighted by Crippen LogP contribution is -1.89. The minimum Gasteiger partial charge on any atom is -0.298 e. The maximum absolute atomic E-state index is 13.1. The molecule has 0 heterocycles. The molecule has 4 heteroatoms. The van der Waals surface area contributed by atoms with Crippen molar-refractivity contribution in [1.29, 1.82) is 0 Å². The molecule has 2 aromatic carbocycles. The summed E-state index contributed by atoms with van der Waals surface area (Å²) in [6.45, 7) is 0. The summed E-state index contributed by atoms with van der Waals surface area (Å²) >= 11 is 5.65. The van der Waals surface area contributed by atoms with E-state index >= 15 is 0 Å². The lowest BCUT2D eigenvalue weighted by atomic mass is 10.0. The summed E-state index contributed by atoms with van der Waals surface area (Å²) in [6.07, 6.45) is 0.434. The standard InChI is InChI=1S/C13H7ClF2O/c14-11-6-9(2-4-13(11)16)8-1-3-12(15)10(5-8)7-17/h1-7H. The normalized spacial score (nSPS) is 10.3. The van der Waals surface area contributed by atoms with Gasteiger partial charge in [-0.15, -0.1) is 0 Å². The van der Waals surface area contributed by atoms with Crippen molar-refractivity contribution >= 4 is 17.9 Å². The number of carbonyl (C=O) groups excluding carboxylic acids is 1. The molecule has 0 aromatic heterocycles. The van der Waals surface area contributed by atoms with Crippen LogP contribution in [0.1, 0.15) is 10.4 Å². The molecular weight excluding hydrogens is 246 g/mol. The van der Waals surface area contributed by atoms with Gasteiger partial charge in [0.15, 0.2) is 6.29 Å². The van der Waals surface area contributed by atoms with Crippen LogP contribution in [-0.4, -0.2) is 6.29 Å². The highest BCUT2D eigenvalue weighted by Crippen LogP contribution is 2.26. The first kappa shape index (κ1) is 11.7. The zero-order valence-corrected chi connectivity index (χ0v) is 9.34. The molecule has 0 aliphatic heterocycles. The third-order valence-electron chi connectivity index (χ3n) is 2.38. The number of benzene rings is 2. The lowest BCUT2D eigenvalue weighted by Gasteiger charge is -2.04. The van der Waals surface area contributed by atoms with Gasteiger partial charge < -0.3 is 0 Å². The molecule has 0 aliphatic carbocycles. The summed E-state index contributed by atoms with van der Waals surface area (Å²) in [5, 5.41) is -0.0144. The molecule has 0 fully saturated rings. The largest absolute Gasteiger partial charge is 0.298 e. The van der Waals surface area contributed by atoms with Gasteiger partial charge in [0.1, 0.15) is 11.6 Å². The van der Waals surface area contributed by atoms with Gasteiger partial charge in [-0.25, -0.2) is 8.78 Å². The Morgan fingerprint density at radius 2 is 1.53 bits per heavy atom. The quantitative estimate of drug-likeness (QED) is 0.736. The van der Waals surface area contributed by atoms with Crippen molar-refractivity contribution in [3.8, 4) is 11.1 Å². The fourth-order valence-corrected chi connectivity index (χ4v) is 1.67. The van der Waals surface area contributed by atoms with Crippen LogP contribution in [0.4, 0.5) is 8.78 Å². The number of hydrogen-bond donors (Lipinski definition) is 0. The van der Waals surface area contributed by atoms with E-state index in [1.54, 1.807) is 0 Å². The van der Waals surface area contributed by atoms with E-state index in [-0.39, 0.29) is 10.6 Å². The Morgan fingerprint density at radius 3 is 2.12 bits per heavy atom. The highest BCUT2D eigenvalue weighted by Gasteiger charge is 2.06. The zero-order valence-electron chi connectivity index (χ0n) is 8.58. The molecule has 0 N–H and O–H groups in total. The Kier molecular flexibility index (Phi) is 3.20. The van der Waals surface area contributed by atoms with E-state index in [9.17, 15) is 13.6 Å². The molecule has 17 heavy (non-hydrogen) atoms. The van der Waals surface area contributed by atoms with Crippen LogP contribution < -0.4 is 0 Å². The summed E-state index contributed by atoms with van der Waals surface area (Å²) in [7, 11) is 0. The van der Waals surface area contributed by atoms with Crippen molar-refractivity contribution in [3.05, 3.63) is 58.6 Å². The fraction of sp³-hybridized carbons (Fsp3) is 0. The molecule has 0 saturated carbocycles. The molecule has 0 spiro atoms. The lowest BCUT2D eigenvalue weighted by molar-refractivity contribution is 0.112. The molecule has 0 saturated heterocycles. The average molecular weight is 253 g/mol. The first-order valence-corrected chi connectivity index (χ1v) is 5.20. The van der Waals surface area contributed by atoms with Crippen LogP contribution in [0.5, 0.6) is 0 Å². The Morgan fingerprint density at radius 1 is 0.941 bits per heavy atom. The van der Waals surface area contributed by atoms with Crippen LogP contribution in [-0.2, 0) is 0 Å². The maximum atomic E-state index is 13.1. The van der Waals surface area contributed by atoms with E-state index in [0.717, 1.165) is 0 Å². The third-order valence-corrected chi connectivity index (χ3v) is 2.67. The zero-order chi connectivity index (χ0) is 12.4. The number of hydrogen-bond acceptors (Lipinski definition) is 1. The first-order valence-electron chi connectivity index (χ1n) is 4.82. The van der Waals surface area contributed by atoms with Crippen molar-refractivity contribution in [2.24, 2.45) is 0 Å². The van der Waals surface area contributed by atoms with E-state index < -0.39 is 11.6 Å². The number of carbonyl (C=O) groups is 1. The van der Waals surface area contributed by atoms with Crippen molar-refractivity contribution < 1.29 is 13.6 Å². The van der Waals surface area contributed by atoms with Crippen LogP contribution in [0.3, 0.4) is 0 Å². The molecule has 0 bridgehead atoms. The molecule has 0 amide bonds. The van der Waals surface area contributed by atoms with Gasteiger partial charge in [0.05, 0.1) is 10.6 Å². The summed E-state index contributed by atoms with van der Waals surface area (Å²) in [6, 6.07) is 8.26. The van der Waals surface area contributed by atoms with Crippen LogP contribution >= 0.6 is 11.6 Å². The van der Waals surface area contributed by atoms with Gasteiger partial charge in [0.25, 0.3) is 0 Å². The first-order chi connectivity index (χ1) is 8.11. The van der Waals surface area contributed by atoms with Crippen LogP contribution in [0.25, 0.3) is 11.1 Å². The summed E-state index contributed by atoms with van der Waals surface area (Å²) in [4.78, 5) is 10.6. The Bertz CT molecular complexity index is 582. The Labute approximate surface area is 102 Å². The topological polar surface area (TPSA) is 17.1 Å². The van der Waals surface area contributed by atoms with Crippen LogP contribution in [0.2, 0.25) is 5.02 Å². The molecule has 1 nitrogen and oxygen atoms in total. The molecule has 0 radical (unpaired) electrons. The Balaban J connectivity index is 2.52. The maximum Gasteiger partial charge on any atom is 0.153 e. The van der Waals surface area contributed by atoms with E-state index in [4.69, 9.17) is 11.6 Å². The van der Waals surface area contributed by atoms with Gasteiger partial charge in [-0.2, -0.15) is 0 Å². The van der Waals surface area contributed by atoms with Gasteiger partial charge in [0.2, 0.25) is 0 Å². The smallest absolute Gasteiger partial charge is 0.153 e. The molecule has 0 unspecified atom stereocenters. The summed E-state index contributed by atoms with van der Waals surface area (Å²) in [5.41, 5.74) is 1.19. The minimum absolute atomic E-state index is 0.0144. The van der Waals surface area contributed by atoms with Gasteiger partial charge >= 0.3 is 0 Å². The molecular formula is C13H7ClF2O. The summed E-state index contributed by atoms with van der Waals surface area (Å²) < 4.78 is 26.1. The van der Waals surface area contributed by atoms with E-state index in [1.165, 1.54) is 36.4 Å². The SMILES string of the molecule is O=Cc1cc(-c2ccc(F)c(Cl)c2)ccc1F. The minimum atomic E-state index is -0.586. The van der Waals surface area contributed by atoms with Crippen molar-refractivity contribution in [1.82, 2.24) is 0 Å². The van der Waals surface area contributed by atoms with Crippen molar-refractivity contribution in [2.45, 2.75) is 0 Å². The highest BCUT2D eigenvalue weighted by molar-refractivity contribution is 6.31.